The molecule has 1 aromatic carbocycles. The summed E-state index contributed by atoms with van der Waals surface area (Å²) in [6.07, 6.45) is 4.01. The number of benzene rings is 1. The summed E-state index contributed by atoms with van der Waals surface area (Å²) in [7, 11) is 0. The molecule has 0 unspecified atom stereocenters. The van der Waals surface area contributed by atoms with Gasteiger partial charge < -0.3 is 4.98 Å². The van der Waals surface area contributed by atoms with Crippen LogP contribution in [-0.4, -0.2) is 9.97 Å². The van der Waals surface area contributed by atoms with Crippen LogP contribution in [0.4, 0.5) is 0 Å². The van der Waals surface area contributed by atoms with Crippen LogP contribution >= 0.6 is 0 Å². The summed E-state index contributed by atoms with van der Waals surface area (Å²) in [5, 5.41) is 9.42. The van der Waals surface area contributed by atoms with E-state index in [9.17, 15) is 5.26 Å². The molecule has 1 aromatic heterocycles. The molecule has 1 N–H and O–H groups in total. The Balaban J connectivity index is 1.98. The lowest BCUT2D eigenvalue weighted by Gasteiger charge is -2.32. The van der Waals surface area contributed by atoms with Gasteiger partial charge in [0.1, 0.15) is 11.2 Å². The van der Waals surface area contributed by atoms with Crippen molar-refractivity contribution in [2.75, 3.05) is 0 Å². The van der Waals surface area contributed by atoms with Gasteiger partial charge in [-0.25, -0.2) is 4.98 Å². The summed E-state index contributed by atoms with van der Waals surface area (Å²) in [5.74, 6) is 0.846. The van der Waals surface area contributed by atoms with E-state index in [0.29, 0.717) is 0 Å². The summed E-state index contributed by atoms with van der Waals surface area (Å²) in [5.41, 5.74) is 4.10. The number of nitrogens with one attached hydrogen (secondary N) is 1. The zero-order valence-electron chi connectivity index (χ0n) is 12.0. The lowest BCUT2D eigenvalue weighted by Crippen LogP contribution is -2.33. The zero-order valence-corrected chi connectivity index (χ0v) is 12.0. The van der Waals surface area contributed by atoms with Crippen molar-refractivity contribution in [2.45, 2.75) is 44.9 Å². The maximum Gasteiger partial charge on any atom is 0.127 e. The molecule has 0 bridgehead atoms. The Kier molecular flexibility index (Phi) is 3.10. The third-order valence-corrected chi connectivity index (χ3v) is 4.39. The molecule has 102 valence electrons. The Morgan fingerprint density at radius 1 is 1.30 bits per heavy atom. The SMILES string of the molecule is CCc1ccc(-c2nc(C3(C#N)CCC3)[nH]c2C)cc1. The number of hydrogen-bond donors (Lipinski definition) is 1. The molecule has 20 heavy (non-hydrogen) atoms. The predicted molar refractivity (Wildman–Crippen MR) is 79.3 cm³/mol. The average molecular weight is 265 g/mol. The molecule has 3 rings (SSSR count). The van der Waals surface area contributed by atoms with Gasteiger partial charge in [-0.3, -0.25) is 0 Å². The predicted octanol–water partition coefficient (Wildman–Crippen LogP) is 3.89. The van der Waals surface area contributed by atoms with Gasteiger partial charge in [0.05, 0.1) is 11.8 Å². The molecular formula is C17H19N3. The van der Waals surface area contributed by atoms with E-state index in [4.69, 9.17) is 4.98 Å². The van der Waals surface area contributed by atoms with Crippen LogP contribution in [0.1, 0.15) is 43.3 Å². The number of imidazole rings is 1. The number of aromatic nitrogens is 2. The normalized spacial score (nSPS) is 16.4. The Morgan fingerprint density at radius 2 is 2.00 bits per heavy atom. The van der Waals surface area contributed by atoms with E-state index in [1.807, 2.05) is 6.92 Å². The van der Waals surface area contributed by atoms with E-state index in [-0.39, 0.29) is 5.41 Å². The third kappa shape index (κ3) is 1.92. The maximum absolute atomic E-state index is 9.42. The number of rotatable bonds is 3. The molecule has 1 heterocycles. The van der Waals surface area contributed by atoms with Gasteiger partial charge in [-0.2, -0.15) is 5.26 Å². The number of aromatic amines is 1. The number of nitriles is 1. The third-order valence-electron chi connectivity index (χ3n) is 4.39. The molecule has 1 aliphatic rings. The highest BCUT2D eigenvalue weighted by Crippen LogP contribution is 2.42. The van der Waals surface area contributed by atoms with E-state index < -0.39 is 0 Å². The molecule has 0 spiro atoms. The molecule has 1 aliphatic carbocycles. The molecule has 1 fully saturated rings. The van der Waals surface area contributed by atoms with E-state index in [1.165, 1.54) is 5.56 Å². The molecule has 3 heteroatoms. The van der Waals surface area contributed by atoms with Gasteiger partial charge in [-0.15, -0.1) is 0 Å². The van der Waals surface area contributed by atoms with Crippen LogP contribution < -0.4 is 0 Å². The van der Waals surface area contributed by atoms with Gasteiger partial charge in [0.15, 0.2) is 0 Å². The van der Waals surface area contributed by atoms with Crippen LogP contribution in [-0.2, 0) is 11.8 Å². The number of aryl methyl sites for hydroxylation is 2. The Labute approximate surface area is 119 Å². The van der Waals surface area contributed by atoms with Gasteiger partial charge in [0, 0.05) is 11.3 Å². The van der Waals surface area contributed by atoms with Crippen LogP contribution in [0.2, 0.25) is 0 Å². The highest BCUT2D eigenvalue weighted by Gasteiger charge is 2.42. The molecule has 3 nitrogen and oxygen atoms in total. The fraction of sp³-hybridized carbons (Fsp3) is 0.412. The van der Waals surface area contributed by atoms with Crippen LogP contribution in [0, 0.1) is 18.3 Å². The second-order valence-electron chi connectivity index (χ2n) is 5.66. The Morgan fingerprint density at radius 3 is 2.50 bits per heavy atom. The number of H-pyrrole nitrogens is 1. The largest absolute Gasteiger partial charge is 0.344 e. The second kappa shape index (κ2) is 4.79. The van der Waals surface area contributed by atoms with E-state index in [2.05, 4.69) is 42.2 Å². The van der Waals surface area contributed by atoms with Crippen molar-refractivity contribution in [3.8, 4) is 17.3 Å². The fourth-order valence-electron chi connectivity index (χ4n) is 2.80. The monoisotopic (exact) mass is 265 g/mol. The average Bonchev–Trinajstić information content (AvgIpc) is 2.81. The summed E-state index contributed by atoms with van der Waals surface area (Å²) in [6, 6.07) is 11.0. The van der Waals surface area contributed by atoms with Gasteiger partial charge in [0.2, 0.25) is 0 Å². The minimum absolute atomic E-state index is 0.369. The lowest BCUT2D eigenvalue weighted by atomic mass is 9.69. The van der Waals surface area contributed by atoms with Gasteiger partial charge in [0.25, 0.3) is 0 Å². The maximum atomic E-state index is 9.42. The summed E-state index contributed by atoms with van der Waals surface area (Å²) >= 11 is 0. The Hall–Kier alpha value is -2.08. The quantitative estimate of drug-likeness (QED) is 0.915. The molecule has 0 aliphatic heterocycles. The van der Waals surface area contributed by atoms with Crippen molar-refractivity contribution >= 4 is 0 Å². The first-order chi connectivity index (χ1) is 9.68. The van der Waals surface area contributed by atoms with Crippen LogP contribution in [0.25, 0.3) is 11.3 Å². The molecule has 0 atom stereocenters. The first-order valence-electron chi connectivity index (χ1n) is 7.26. The van der Waals surface area contributed by atoms with E-state index in [0.717, 1.165) is 48.5 Å². The number of hydrogen-bond acceptors (Lipinski definition) is 2. The minimum Gasteiger partial charge on any atom is -0.344 e. The Bertz CT molecular complexity index is 655. The first-order valence-corrected chi connectivity index (χ1v) is 7.26. The van der Waals surface area contributed by atoms with Crippen LogP contribution in [0.5, 0.6) is 0 Å². The van der Waals surface area contributed by atoms with Gasteiger partial charge >= 0.3 is 0 Å². The van der Waals surface area contributed by atoms with E-state index >= 15 is 0 Å². The van der Waals surface area contributed by atoms with Crippen molar-refractivity contribution in [3.63, 3.8) is 0 Å². The van der Waals surface area contributed by atoms with E-state index in [1.54, 1.807) is 0 Å². The molecule has 2 aromatic rings. The zero-order chi connectivity index (χ0) is 14.2. The van der Waals surface area contributed by atoms with Gasteiger partial charge in [-0.1, -0.05) is 31.2 Å². The van der Waals surface area contributed by atoms with Gasteiger partial charge in [-0.05, 0) is 38.2 Å². The minimum atomic E-state index is -0.369. The topological polar surface area (TPSA) is 52.5 Å². The highest BCUT2D eigenvalue weighted by molar-refractivity contribution is 5.62. The highest BCUT2D eigenvalue weighted by atomic mass is 15.0. The first kappa shape index (κ1) is 12.9. The lowest BCUT2D eigenvalue weighted by molar-refractivity contribution is 0.309. The summed E-state index contributed by atoms with van der Waals surface area (Å²) in [4.78, 5) is 8.05. The van der Waals surface area contributed by atoms with Crippen molar-refractivity contribution in [1.29, 1.82) is 5.26 Å². The summed E-state index contributed by atoms with van der Waals surface area (Å²) in [6.45, 7) is 4.18. The van der Waals surface area contributed by atoms with Crippen molar-refractivity contribution in [2.24, 2.45) is 0 Å². The molecule has 0 saturated heterocycles. The van der Waals surface area contributed by atoms with Crippen LogP contribution in [0.15, 0.2) is 24.3 Å². The summed E-state index contributed by atoms with van der Waals surface area (Å²) < 4.78 is 0. The van der Waals surface area contributed by atoms with Crippen molar-refractivity contribution in [1.82, 2.24) is 9.97 Å². The standard InChI is InChI=1S/C17H19N3/c1-3-13-5-7-14(8-6-13)15-12(2)19-16(20-15)17(11-18)9-4-10-17/h5-8H,3-4,9-10H2,1-2H3,(H,19,20). The molecule has 0 radical (unpaired) electrons. The van der Waals surface area contributed by atoms with Crippen LogP contribution in [0.3, 0.4) is 0 Å². The number of nitrogens with zero attached hydrogens (tertiary/aromatic N) is 2. The molecular weight excluding hydrogens is 246 g/mol. The fourth-order valence-corrected chi connectivity index (χ4v) is 2.80. The van der Waals surface area contributed by atoms with Crippen molar-refractivity contribution in [3.05, 3.63) is 41.3 Å². The molecule has 0 amide bonds. The second-order valence-corrected chi connectivity index (χ2v) is 5.66. The molecule has 1 saturated carbocycles. The smallest absolute Gasteiger partial charge is 0.127 e. The van der Waals surface area contributed by atoms with Crippen molar-refractivity contribution < 1.29 is 0 Å².